The third-order valence-electron chi connectivity index (χ3n) is 4.54. The van der Waals surface area contributed by atoms with Gasteiger partial charge in [0.15, 0.2) is 9.84 Å². The van der Waals surface area contributed by atoms with Gasteiger partial charge < -0.3 is 10.1 Å². The van der Waals surface area contributed by atoms with Crippen LogP contribution in [0.25, 0.3) is 11.1 Å². The predicted octanol–water partition coefficient (Wildman–Crippen LogP) is 5.11. The highest BCUT2D eigenvalue weighted by Gasteiger charge is 2.32. The highest BCUT2D eigenvalue weighted by atomic mass is 32.2. The van der Waals surface area contributed by atoms with Crippen LogP contribution in [0.3, 0.4) is 0 Å². The van der Waals surface area contributed by atoms with Gasteiger partial charge in [0, 0.05) is 18.0 Å². The molecule has 3 aromatic rings. The van der Waals surface area contributed by atoms with E-state index >= 15 is 0 Å². The lowest BCUT2D eigenvalue weighted by atomic mass is 10.1. The number of alkyl halides is 6. The van der Waals surface area contributed by atoms with E-state index in [0.29, 0.717) is 12.3 Å². The molecular weight excluding hydrogens is 504 g/mol. The third kappa shape index (κ3) is 6.47. The summed E-state index contributed by atoms with van der Waals surface area (Å²) in [6.07, 6.45) is -7.89. The van der Waals surface area contributed by atoms with Crippen LogP contribution in [0.15, 0.2) is 59.8 Å². The number of amides is 1. The lowest BCUT2D eigenvalue weighted by Crippen LogP contribution is -2.20. The minimum atomic E-state index is -4.89. The molecule has 14 heteroatoms. The van der Waals surface area contributed by atoms with E-state index in [1.54, 1.807) is 0 Å². The number of hydrogen-bond donors (Lipinski definition) is 1. The topological polar surface area (TPSA) is 98.3 Å². The molecule has 0 saturated heterocycles. The number of anilines is 1. The van der Waals surface area contributed by atoms with Gasteiger partial charge in [0.05, 0.1) is 16.2 Å². The van der Waals surface area contributed by atoms with Crippen LogP contribution in [0.2, 0.25) is 0 Å². The first-order valence-corrected chi connectivity index (χ1v) is 11.3. The Kier molecular flexibility index (Phi) is 7.06. The number of carbonyl (C=O) groups excluding carboxylic acids is 1. The van der Waals surface area contributed by atoms with Gasteiger partial charge in [0.1, 0.15) is 17.3 Å². The van der Waals surface area contributed by atoms with Gasteiger partial charge in [0.25, 0.3) is 5.91 Å². The van der Waals surface area contributed by atoms with Gasteiger partial charge in [-0.15, -0.1) is 13.2 Å². The maximum Gasteiger partial charge on any atom is 0.573 e. The summed E-state index contributed by atoms with van der Waals surface area (Å²) in [5.41, 5.74) is -1.11. The molecule has 186 valence electrons. The van der Waals surface area contributed by atoms with Crippen LogP contribution in [0.1, 0.15) is 23.0 Å². The van der Waals surface area contributed by atoms with Gasteiger partial charge in [-0.3, -0.25) is 4.79 Å². The zero-order chi connectivity index (χ0) is 26.0. The molecule has 0 atom stereocenters. The fourth-order valence-corrected chi connectivity index (χ4v) is 3.88. The van der Waals surface area contributed by atoms with Gasteiger partial charge in [-0.25, -0.2) is 18.4 Å². The van der Waals surface area contributed by atoms with Crippen molar-refractivity contribution >= 4 is 21.6 Å². The highest BCUT2D eigenvalue weighted by molar-refractivity contribution is 7.91. The molecule has 1 N–H and O–H groups in total. The molecule has 0 unspecified atom stereocenters. The number of sulfone groups is 1. The Labute approximate surface area is 194 Å². The lowest BCUT2D eigenvalue weighted by Gasteiger charge is -2.12. The molecule has 0 radical (unpaired) electrons. The van der Waals surface area contributed by atoms with Crippen molar-refractivity contribution in [3.63, 3.8) is 0 Å². The number of nitrogens with one attached hydrogen (secondary N) is 1. The Balaban J connectivity index is 1.93. The van der Waals surface area contributed by atoms with Gasteiger partial charge in [-0.1, -0.05) is 19.1 Å². The summed E-state index contributed by atoms with van der Waals surface area (Å²) in [4.78, 5) is 19.6. The number of benzene rings is 1. The summed E-state index contributed by atoms with van der Waals surface area (Å²) in [7, 11) is -4.02. The molecule has 0 saturated carbocycles. The summed E-state index contributed by atoms with van der Waals surface area (Å²) in [5.74, 6) is -2.20. The van der Waals surface area contributed by atoms with E-state index in [4.69, 9.17) is 0 Å². The molecule has 2 heterocycles. The summed E-state index contributed by atoms with van der Waals surface area (Å²) in [5, 5.41) is 2.19. The van der Waals surface area contributed by atoms with Crippen LogP contribution in [0.5, 0.6) is 5.75 Å². The van der Waals surface area contributed by atoms with Gasteiger partial charge in [0.2, 0.25) is 0 Å². The van der Waals surface area contributed by atoms with Crippen molar-refractivity contribution in [3.05, 3.63) is 66.1 Å². The monoisotopic (exact) mass is 519 g/mol. The molecule has 35 heavy (non-hydrogen) atoms. The number of halogens is 6. The molecule has 0 bridgehead atoms. The standard InChI is InChI=1S/C21H15F6N3O4S/c1-2-35(32,33)16-9-13(12-3-6-15(7-4-12)34-21(25,26)27)10-29-18(16)19(31)30-17-8-5-14(11-28-17)20(22,23)24/h3-11H,2H2,1H3,(H,28,30,31). The SMILES string of the molecule is CCS(=O)(=O)c1cc(-c2ccc(OC(F)(F)F)cc2)cnc1C(=O)Nc1ccc(C(F)(F)F)cn1. The van der Waals surface area contributed by atoms with Crippen molar-refractivity contribution in [3.8, 4) is 16.9 Å². The third-order valence-corrected chi connectivity index (χ3v) is 6.28. The van der Waals surface area contributed by atoms with Crippen LogP contribution < -0.4 is 10.1 Å². The van der Waals surface area contributed by atoms with Gasteiger partial charge >= 0.3 is 12.5 Å². The van der Waals surface area contributed by atoms with Crippen molar-refractivity contribution in [2.75, 3.05) is 11.1 Å². The average Bonchev–Trinajstić information content (AvgIpc) is 2.78. The smallest absolute Gasteiger partial charge is 0.406 e. The van der Waals surface area contributed by atoms with E-state index in [9.17, 15) is 39.6 Å². The molecule has 3 rings (SSSR count). The fourth-order valence-electron chi connectivity index (χ4n) is 2.83. The number of carbonyl (C=O) groups is 1. The molecule has 0 aliphatic carbocycles. The Hall–Kier alpha value is -3.68. The van der Waals surface area contributed by atoms with Crippen molar-refractivity contribution in [2.45, 2.75) is 24.4 Å². The molecule has 1 aromatic carbocycles. The van der Waals surface area contributed by atoms with Crippen LogP contribution in [-0.2, 0) is 16.0 Å². The van der Waals surface area contributed by atoms with Crippen molar-refractivity contribution < 1.29 is 44.3 Å². The number of pyridine rings is 2. The summed E-state index contributed by atoms with van der Waals surface area (Å²) < 4.78 is 104. The summed E-state index contributed by atoms with van der Waals surface area (Å²) in [6, 6.07) is 7.24. The molecular formula is C21H15F6N3O4S. The number of hydrogen-bond acceptors (Lipinski definition) is 6. The van der Waals surface area contributed by atoms with Gasteiger partial charge in [-0.05, 0) is 35.9 Å². The first kappa shape index (κ1) is 25.9. The maximum absolute atomic E-state index is 12.7. The lowest BCUT2D eigenvalue weighted by molar-refractivity contribution is -0.274. The van der Waals surface area contributed by atoms with E-state index < -0.39 is 55.9 Å². The predicted molar refractivity (Wildman–Crippen MR) is 111 cm³/mol. The van der Waals surface area contributed by atoms with E-state index in [2.05, 4.69) is 20.0 Å². The van der Waals surface area contributed by atoms with E-state index in [0.717, 1.165) is 30.5 Å². The van der Waals surface area contributed by atoms with Crippen LogP contribution in [0.4, 0.5) is 32.2 Å². The zero-order valence-electron chi connectivity index (χ0n) is 17.6. The van der Waals surface area contributed by atoms with E-state index in [1.807, 2.05) is 0 Å². The minimum Gasteiger partial charge on any atom is -0.406 e. The highest BCUT2D eigenvalue weighted by Crippen LogP contribution is 2.30. The molecule has 2 aromatic heterocycles. The van der Waals surface area contributed by atoms with Crippen LogP contribution in [0, 0.1) is 0 Å². The second-order valence-electron chi connectivity index (χ2n) is 6.93. The van der Waals surface area contributed by atoms with Gasteiger partial charge in [-0.2, -0.15) is 13.2 Å². The second-order valence-corrected chi connectivity index (χ2v) is 9.18. The Morgan fingerprint density at radius 3 is 2.11 bits per heavy atom. The largest absolute Gasteiger partial charge is 0.573 e. The molecule has 0 aliphatic rings. The number of nitrogens with zero attached hydrogens (tertiary/aromatic N) is 2. The molecule has 0 aliphatic heterocycles. The second kappa shape index (κ2) is 9.52. The maximum atomic E-state index is 12.7. The van der Waals surface area contributed by atoms with Crippen molar-refractivity contribution in [1.82, 2.24) is 9.97 Å². The van der Waals surface area contributed by atoms with Crippen LogP contribution in [-0.4, -0.2) is 36.4 Å². The van der Waals surface area contributed by atoms with E-state index in [-0.39, 0.29) is 16.9 Å². The quantitative estimate of drug-likeness (QED) is 0.455. The molecule has 7 nitrogen and oxygen atoms in total. The summed E-state index contributed by atoms with van der Waals surface area (Å²) >= 11 is 0. The van der Waals surface area contributed by atoms with Crippen LogP contribution >= 0.6 is 0 Å². The Morgan fingerprint density at radius 1 is 0.943 bits per heavy atom. The number of aromatic nitrogens is 2. The number of rotatable bonds is 6. The normalized spacial score (nSPS) is 12.3. The fraction of sp³-hybridized carbons (Fsp3) is 0.190. The first-order chi connectivity index (χ1) is 16.2. The number of ether oxygens (including phenoxy) is 1. The first-order valence-electron chi connectivity index (χ1n) is 9.63. The van der Waals surface area contributed by atoms with Crippen molar-refractivity contribution in [2.24, 2.45) is 0 Å². The zero-order valence-corrected chi connectivity index (χ0v) is 18.4. The Morgan fingerprint density at radius 2 is 1.60 bits per heavy atom. The molecule has 0 spiro atoms. The van der Waals surface area contributed by atoms with Crippen molar-refractivity contribution in [1.29, 1.82) is 0 Å². The van der Waals surface area contributed by atoms with E-state index in [1.165, 1.54) is 19.1 Å². The Bertz CT molecular complexity index is 1320. The average molecular weight is 519 g/mol. The molecule has 0 fully saturated rings. The minimum absolute atomic E-state index is 0.180. The molecule has 1 amide bonds. The summed E-state index contributed by atoms with van der Waals surface area (Å²) in [6.45, 7) is 1.32.